The highest BCUT2D eigenvalue weighted by molar-refractivity contribution is 4.68. The number of hydrogen-bond acceptors (Lipinski definition) is 8. The van der Waals surface area contributed by atoms with Gasteiger partial charge in [0, 0.05) is 42.7 Å². The van der Waals surface area contributed by atoms with Gasteiger partial charge >= 0.3 is 0 Å². The molecule has 8 nitrogen and oxygen atoms in total. The van der Waals surface area contributed by atoms with Crippen molar-refractivity contribution in [1.82, 2.24) is 5.32 Å². The molecule has 0 aromatic carbocycles. The molecular formula is C17H41NO7. The zero-order valence-corrected chi connectivity index (χ0v) is 17.5. The second-order valence-electron chi connectivity index (χ2n) is 5.36. The van der Waals surface area contributed by atoms with Crippen LogP contribution in [0.5, 0.6) is 0 Å². The van der Waals surface area contributed by atoms with Crippen molar-refractivity contribution < 1.29 is 33.5 Å². The van der Waals surface area contributed by atoms with Crippen molar-refractivity contribution in [1.29, 1.82) is 0 Å². The predicted octanol–water partition coefficient (Wildman–Crippen LogP) is 0.564. The normalized spacial score (nSPS) is 14.0. The van der Waals surface area contributed by atoms with Crippen molar-refractivity contribution in [2.45, 2.75) is 38.2 Å². The number of nitrogens with one attached hydrogen (secondary N) is 1. The van der Waals surface area contributed by atoms with Crippen LogP contribution < -0.4 is 5.32 Å². The minimum atomic E-state index is -0.352. The maximum atomic E-state index is 9.00. The van der Waals surface area contributed by atoms with Gasteiger partial charge < -0.3 is 38.8 Å². The zero-order chi connectivity index (χ0) is 20.1. The molecule has 8 heteroatoms. The van der Waals surface area contributed by atoms with E-state index < -0.39 is 0 Å². The summed E-state index contributed by atoms with van der Waals surface area (Å²) in [6.07, 6.45) is -0.0556. The number of ether oxygens (including phenoxy) is 6. The summed E-state index contributed by atoms with van der Waals surface area (Å²) < 4.78 is 29.1. The molecule has 0 amide bonds. The summed E-state index contributed by atoms with van der Waals surface area (Å²) in [5.41, 5.74) is 0. The van der Waals surface area contributed by atoms with Crippen LogP contribution in [-0.4, -0.2) is 106 Å². The Morgan fingerprint density at radius 3 is 1.32 bits per heavy atom. The lowest BCUT2D eigenvalue weighted by Crippen LogP contribution is -2.39. The molecule has 0 aliphatic heterocycles. The number of aliphatic hydroxyl groups excluding tert-OH is 1. The average molecular weight is 372 g/mol. The summed E-state index contributed by atoms with van der Waals surface area (Å²) in [6, 6.07) is 0.0509. The molecule has 0 aliphatic rings. The Morgan fingerprint density at radius 1 is 0.720 bits per heavy atom. The molecule has 0 saturated carbocycles. The quantitative estimate of drug-likeness (QED) is 0.515. The summed E-state index contributed by atoms with van der Waals surface area (Å²) in [7, 11) is 11.7. The molecule has 156 valence electrons. The van der Waals surface area contributed by atoms with Crippen LogP contribution in [0.1, 0.15) is 13.8 Å². The second kappa shape index (κ2) is 23.7. The minimum absolute atomic E-state index is 0.0509. The van der Waals surface area contributed by atoms with Crippen LogP contribution in [0.25, 0.3) is 0 Å². The smallest absolute Gasteiger partial charge is 0.104 e. The van der Waals surface area contributed by atoms with Gasteiger partial charge in [0.15, 0.2) is 0 Å². The molecule has 0 radical (unpaired) electrons. The maximum Gasteiger partial charge on any atom is 0.104 e. The van der Waals surface area contributed by atoms with Gasteiger partial charge in [-0.25, -0.2) is 0 Å². The van der Waals surface area contributed by atoms with E-state index in [2.05, 4.69) is 5.32 Å². The van der Waals surface area contributed by atoms with Crippen molar-refractivity contribution in [3.05, 3.63) is 0 Å². The Morgan fingerprint density at radius 2 is 1.16 bits per heavy atom. The lowest BCUT2D eigenvalue weighted by Gasteiger charge is -2.17. The highest BCUT2D eigenvalue weighted by Gasteiger charge is 2.10. The molecule has 0 saturated heterocycles. The van der Waals surface area contributed by atoms with E-state index in [0.29, 0.717) is 26.4 Å². The SMILES string of the molecule is CNC(COC)C(C)O.COCC(C)OC.COCC(COC)OC. The third-order valence-electron chi connectivity index (χ3n) is 3.14. The minimum Gasteiger partial charge on any atom is -0.392 e. The molecule has 0 aliphatic carbocycles. The average Bonchev–Trinajstić information content (AvgIpc) is 2.60. The third kappa shape index (κ3) is 23.7. The molecule has 3 atom stereocenters. The fourth-order valence-corrected chi connectivity index (χ4v) is 1.50. The first-order valence-electron chi connectivity index (χ1n) is 8.24. The largest absolute Gasteiger partial charge is 0.392 e. The Hall–Kier alpha value is -0.320. The molecule has 0 spiro atoms. The van der Waals surface area contributed by atoms with E-state index in [-0.39, 0.29) is 24.4 Å². The number of methoxy groups -OCH3 is 6. The third-order valence-corrected chi connectivity index (χ3v) is 3.14. The molecule has 25 heavy (non-hydrogen) atoms. The maximum absolute atomic E-state index is 9.00. The van der Waals surface area contributed by atoms with Gasteiger partial charge in [-0.15, -0.1) is 0 Å². The van der Waals surface area contributed by atoms with Crippen LogP contribution >= 0.6 is 0 Å². The van der Waals surface area contributed by atoms with Gasteiger partial charge in [0.05, 0.1) is 44.7 Å². The molecule has 2 N–H and O–H groups in total. The number of rotatable bonds is 12. The van der Waals surface area contributed by atoms with Crippen LogP contribution in [0.2, 0.25) is 0 Å². The van der Waals surface area contributed by atoms with E-state index in [1.165, 1.54) is 0 Å². The monoisotopic (exact) mass is 371 g/mol. The first-order chi connectivity index (χ1) is 11.9. The van der Waals surface area contributed by atoms with Gasteiger partial charge in [0.1, 0.15) is 6.10 Å². The highest BCUT2D eigenvalue weighted by atomic mass is 16.5. The lowest BCUT2D eigenvalue weighted by molar-refractivity contribution is -0.0178. The first kappa shape index (κ1) is 29.4. The Balaban J connectivity index is -0.000000293. The van der Waals surface area contributed by atoms with Crippen molar-refractivity contribution in [2.24, 2.45) is 0 Å². The Bertz CT molecular complexity index is 227. The van der Waals surface area contributed by atoms with E-state index in [1.807, 2.05) is 6.92 Å². The van der Waals surface area contributed by atoms with Crippen molar-refractivity contribution in [3.8, 4) is 0 Å². The van der Waals surface area contributed by atoms with Crippen LogP contribution in [0, 0.1) is 0 Å². The molecule has 0 fully saturated rings. The van der Waals surface area contributed by atoms with E-state index in [1.54, 1.807) is 56.6 Å². The molecule has 0 aromatic heterocycles. The summed E-state index contributed by atoms with van der Waals surface area (Å²) in [4.78, 5) is 0. The topological polar surface area (TPSA) is 87.6 Å². The van der Waals surface area contributed by atoms with Gasteiger partial charge in [0.25, 0.3) is 0 Å². The van der Waals surface area contributed by atoms with Crippen LogP contribution in [0.4, 0.5) is 0 Å². The van der Waals surface area contributed by atoms with Gasteiger partial charge in [-0.2, -0.15) is 0 Å². The molecule has 3 unspecified atom stereocenters. The van der Waals surface area contributed by atoms with E-state index >= 15 is 0 Å². The zero-order valence-electron chi connectivity index (χ0n) is 17.5. The molecule has 0 rings (SSSR count). The van der Waals surface area contributed by atoms with E-state index in [0.717, 1.165) is 0 Å². The Kier molecular flexibility index (Phi) is 27.9. The first-order valence-corrected chi connectivity index (χ1v) is 8.24. The molecule has 0 bridgehead atoms. The lowest BCUT2D eigenvalue weighted by atomic mass is 10.2. The van der Waals surface area contributed by atoms with Gasteiger partial charge in [-0.05, 0) is 20.9 Å². The van der Waals surface area contributed by atoms with Gasteiger partial charge in [0.2, 0.25) is 0 Å². The summed E-state index contributed by atoms with van der Waals surface area (Å²) in [5.74, 6) is 0. The van der Waals surface area contributed by atoms with Crippen molar-refractivity contribution >= 4 is 0 Å². The predicted molar refractivity (Wildman–Crippen MR) is 99.3 cm³/mol. The number of likely N-dealkylation sites (N-methyl/N-ethyl adjacent to an activating group) is 1. The second-order valence-corrected chi connectivity index (χ2v) is 5.36. The van der Waals surface area contributed by atoms with Crippen LogP contribution in [0.3, 0.4) is 0 Å². The summed E-state index contributed by atoms with van der Waals surface area (Å²) >= 11 is 0. The van der Waals surface area contributed by atoms with Crippen molar-refractivity contribution in [3.63, 3.8) is 0 Å². The fourth-order valence-electron chi connectivity index (χ4n) is 1.50. The molecule has 0 heterocycles. The molecular weight excluding hydrogens is 330 g/mol. The van der Waals surface area contributed by atoms with Crippen molar-refractivity contribution in [2.75, 3.05) is 76.1 Å². The number of hydrogen-bond donors (Lipinski definition) is 2. The standard InChI is InChI=1S/C6H15NO2.C6H14O3.C5H12O2/c1-5(8)6(7-2)4-9-3;1-7-4-6(9-3)5-8-2;1-5(7-3)4-6-2/h5-8H,4H2,1-3H3;6H,4-5H2,1-3H3;5H,4H2,1-3H3. The van der Waals surface area contributed by atoms with Crippen LogP contribution in [-0.2, 0) is 28.4 Å². The van der Waals surface area contributed by atoms with E-state index in [9.17, 15) is 0 Å². The number of aliphatic hydroxyl groups is 1. The summed E-state index contributed by atoms with van der Waals surface area (Å²) in [6.45, 7) is 6.10. The Labute approximate surface area is 154 Å². The van der Waals surface area contributed by atoms with Gasteiger partial charge in [-0.1, -0.05) is 0 Å². The highest BCUT2D eigenvalue weighted by Crippen LogP contribution is 1.91. The van der Waals surface area contributed by atoms with Gasteiger partial charge in [-0.3, -0.25) is 0 Å². The molecule has 0 aromatic rings. The van der Waals surface area contributed by atoms with Crippen LogP contribution in [0.15, 0.2) is 0 Å². The fraction of sp³-hybridized carbons (Fsp3) is 1.00. The van der Waals surface area contributed by atoms with E-state index in [4.69, 9.17) is 33.5 Å². The summed E-state index contributed by atoms with van der Waals surface area (Å²) in [5, 5.41) is 11.9.